The fraction of sp³-hybridized carbons (Fsp3) is 0.562. The van der Waals surface area contributed by atoms with Crippen molar-refractivity contribution in [3.05, 3.63) is 35.4 Å². The second-order valence-electron chi connectivity index (χ2n) is 6.06. The van der Waals surface area contributed by atoms with Crippen LogP contribution < -0.4 is 5.32 Å². The van der Waals surface area contributed by atoms with Gasteiger partial charge in [0.25, 0.3) is 0 Å². The van der Waals surface area contributed by atoms with Gasteiger partial charge in [-0.05, 0) is 25.0 Å². The Morgan fingerprint density at radius 2 is 1.79 bits per heavy atom. The lowest BCUT2D eigenvalue weighted by atomic mass is 9.95. The van der Waals surface area contributed by atoms with Crippen LogP contribution in [0, 0.1) is 5.41 Å². The summed E-state index contributed by atoms with van der Waals surface area (Å²) in [5.41, 5.74) is 1.88. The number of hydrogen-bond donors (Lipinski definition) is 1. The predicted octanol–water partition coefficient (Wildman–Crippen LogP) is 3.27. The first-order chi connectivity index (χ1) is 8.80. The molecular weight excluding hydrogens is 238 g/mol. The molecule has 0 atom stereocenters. The van der Waals surface area contributed by atoms with Gasteiger partial charge in [0, 0.05) is 12.0 Å². The molecule has 3 heteroatoms. The number of ether oxygens (including phenoxy) is 1. The normalized spacial score (nSPS) is 11.7. The molecule has 0 fully saturated rings. The first kappa shape index (κ1) is 15.7. The van der Waals surface area contributed by atoms with E-state index in [0.29, 0.717) is 13.2 Å². The first-order valence-corrected chi connectivity index (χ1v) is 6.77. The summed E-state index contributed by atoms with van der Waals surface area (Å²) in [5.74, 6) is 0.0621. The van der Waals surface area contributed by atoms with E-state index < -0.39 is 0 Å². The van der Waals surface area contributed by atoms with Gasteiger partial charge in [-0.25, -0.2) is 0 Å². The molecule has 0 unspecified atom stereocenters. The molecule has 0 aromatic heterocycles. The average Bonchev–Trinajstić information content (AvgIpc) is 2.33. The number of hydrogen-bond acceptors (Lipinski definition) is 2. The van der Waals surface area contributed by atoms with Crippen molar-refractivity contribution in [1.82, 2.24) is 5.32 Å². The molecule has 0 spiro atoms. The molecule has 1 rings (SSSR count). The maximum atomic E-state index is 11.9. The molecular formula is C16H25NO2. The summed E-state index contributed by atoms with van der Waals surface area (Å²) in [4.78, 5) is 11.9. The maximum absolute atomic E-state index is 11.9. The molecule has 0 aliphatic rings. The summed E-state index contributed by atoms with van der Waals surface area (Å²) in [5, 5.41) is 2.97. The van der Waals surface area contributed by atoms with E-state index in [4.69, 9.17) is 4.74 Å². The van der Waals surface area contributed by atoms with Crippen LogP contribution in [-0.2, 0) is 22.7 Å². The van der Waals surface area contributed by atoms with Crippen LogP contribution >= 0.6 is 0 Å². The fourth-order valence-corrected chi connectivity index (χ4v) is 1.57. The molecule has 3 nitrogen and oxygen atoms in total. The molecule has 0 aliphatic carbocycles. The van der Waals surface area contributed by atoms with E-state index in [2.05, 4.69) is 5.32 Å². The van der Waals surface area contributed by atoms with E-state index in [-0.39, 0.29) is 17.4 Å². The van der Waals surface area contributed by atoms with Crippen molar-refractivity contribution in [2.45, 2.75) is 53.9 Å². The van der Waals surface area contributed by atoms with Gasteiger partial charge in [0.1, 0.15) is 0 Å². The standard InChI is InChI=1S/C16H25NO2/c1-12(2)19-11-14-9-7-6-8-13(14)10-17-15(18)16(3,4)5/h6-9,12H,10-11H2,1-5H3,(H,17,18). The van der Waals surface area contributed by atoms with Crippen LogP contribution in [0.3, 0.4) is 0 Å². The van der Waals surface area contributed by atoms with E-state index in [9.17, 15) is 4.79 Å². The van der Waals surface area contributed by atoms with Gasteiger partial charge < -0.3 is 10.1 Å². The molecule has 19 heavy (non-hydrogen) atoms. The number of rotatable bonds is 5. The van der Waals surface area contributed by atoms with Crippen LogP contribution in [0.1, 0.15) is 45.7 Å². The summed E-state index contributed by atoms with van der Waals surface area (Å²) >= 11 is 0. The Morgan fingerprint density at radius 3 is 2.32 bits per heavy atom. The SMILES string of the molecule is CC(C)OCc1ccccc1CNC(=O)C(C)(C)C. The lowest BCUT2D eigenvalue weighted by Gasteiger charge is -2.19. The fourth-order valence-electron chi connectivity index (χ4n) is 1.57. The third-order valence-corrected chi connectivity index (χ3v) is 2.81. The molecule has 0 bridgehead atoms. The molecule has 1 amide bonds. The predicted molar refractivity (Wildman–Crippen MR) is 77.7 cm³/mol. The Morgan fingerprint density at radius 1 is 1.21 bits per heavy atom. The highest BCUT2D eigenvalue weighted by atomic mass is 16.5. The monoisotopic (exact) mass is 263 g/mol. The van der Waals surface area contributed by atoms with E-state index in [1.165, 1.54) is 0 Å². The number of nitrogens with one attached hydrogen (secondary N) is 1. The van der Waals surface area contributed by atoms with Crippen molar-refractivity contribution in [2.75, 3.05) is 0 Å². The van der Waals surface area contributed by atoms with Crippen molar-refractivity contribution >= 4 is 5.91 Å². The molecule has 106 valence electrons. The Labute approximate surface area is 116 Å². The molecule has 1 N–H and O–H groups in total. The van der Waals surface area contributed by atoms with Gasteiger partial charge in [0.05, 0.1) is 12.7 Å². The molecule has 0 aliphatic heterocycles. The van der Waals surface area contributed by atoms with Gasteiger partial charge in [-0.3, -0.25) is 4.79 Å². The van der Waals surface area contributed by atoms with Gasteiger partial charge in [0.2, 0.25) is 5.91 Å². The lowest BCUT2D eigenvalue weighted by Crippen LogP contribution is -2.34. The summed E-state index contributed by atoms with van der Waals surface area (Å²) < 4.78 is 5.63. The van der Waals surface area contributed by atoms with Crippen molar-refractivity contribution in [1.29, 1.82) is 0 Å². The van der Waals surface area contributed by atoms with Crippen LogP contribution in [-0.4, -0.2) is 12.0 Å². The molecule has 1 aromatic carbocycles. The van der Waals surface area contributed by atoms with E-state index >= 15 is 0 Å². The quantitative estimate of drug-likeness (QED) is 0.885. The zero-order valence-electron chi connectivity index (χ0n) is 12.6. The third kappa shape index (κ3) is 5.43. The van der Waals surface area contributed by atoms with Crippen molar-refractivity contribution in [3.8, 4) is 0 Å². The highest BCUT2D eigenvalue weighted by Crippen LogP contribution is 2.15. The van der Waals surface area contributed by atoms with Crippen molar-refractivity contribution in [2.24, 2.45) is 5.41 Å². The van der Waals surface area contributed by atoms with Crippen LogP contribution in [0.15, 0.2) is 24.3 Å². The van der Waals surface area contributed by atoms with Crippen molar-refractivity contribution in [3.63, 3.8) is 0 Å². The van der Waals surface area contributed by atoms with E-state index in [1.54, 1.807) is 0 Å². The van der Waals surface area contributed by atoms with Crippen LogP contribution in [0.5, 0.6) is 0 Å². The summed E-state index contributed by atoms with van der Waals surface area (Å²) in [7, 11) is 0. The maximum Gasteiger partial charge on any atom is 0.225 e. The Bertz CT molecular complexity index is 419. The minimum absolute atomic E-state index is 0.0621. The minimum atomic E-state index is -0.358. The second-order valence-corrected chi connectivity index (χ2v) is 6.06. The zero-order chi connectivity index (χ0) is 14.5. The summed E-state index contributed by atoms with van der Waals surface area (Å²) in [6.07, 6.45) is 0.206. The van der Waals surface area contributed by atoms with Gasteiger partial charge in [-0.1, -0.05) is 45.0 Å². The summed E-state index contributed by atoms with van der Waals surface area (Å²) in [6, 6.07) is 8.05. The van der Waals surface area contributed by atoms with E-state index in [0.717, 1.165) is 11.1 Å². The lowest BCUT2D eigenvalue weighted by molar-refractivity contribution is -0.128. The molecule has 0 saturated carbocycles. The smallest absolute Gasteiger partial charge is 0.225 e. The van der Waals surface area contributed by atoms with Gasteiger partial charge in [0.15, 0.2) is 0 Å². The second kappa shape index (κ2) is 6.71. The number of carbonyl (C=O) groups is 1. The molecule has 0 radical (unpaired) electrons. The van der Waals surface area contributed by atoms with Gasteiger partial charge >= 0.3 is 0 Å². The average molecular weight is 263 g/mol. The molecule has 0 heterocycles. The Kier molecular flexibility index (Phi) is 5.55. The van der Waals surface area contributed by atoms with Crippen LogP contribution in [0.2, 0.25) is 0 Å². The third-order valence-electron chi connectivity index (χ3n) is 2.81. The molecule has 0 saturated heterocycles. The minimum Gasteiger partial charge on any atom is -0.374 e. The van der Waals surface area contributed by atoms with Crippen LogP contribution in [0.25, 0.3) is 0 Å². The number of amides is 1. The zero-order valence-corrected chi connectivity index (χ0v) is 12.6. The van der Waals surface area contributed by atoms with Crippen molar-refractivity contribution < 1.29 is 9.53 Å². The Balaban J connectivity index is 2.65. The highest BCUT2D eigenvalue weighted by Gasteiger charge is 2.20. The largest absolute Gasteiger partial charge is 0.374 e. The molecule has 1 aromatic rings. The highest BCUT2D eigenvalue weighted by molar-refractivity contribution is 5.81. The van der Waals surface area contributed by atoms with E-state index in [1.807, 2.05) is 58.9 Å². The van der Waals surface area contributed by atoms with Crippen LogP contribution in [0.4, 0.5) is 0 Å². The topological polar surface area (TPSA) is 38.3 Å². The number of carbonyl (C=O) groups excluding carboxylic acids is 1. The Hall–Kier alpha value is -1.35. The van der Waals surface area contributed by atoms with Gasteiger partial charge in [-0.15, -0.1) is 0 Å². The summed E-state index contributed by atoms with van der Waals surface area (Å²) in [6.45, 7) is 10.9. The van der Waals surface area contributed by atoms with Gasteiger partial charge in [-0.2, -0.15) is 0 Å². The first-order valence-electron chi connectivity index (χ1n) is 6.77. The number of benzene rings is 1.